The minimum absolute atomic E-state index is 0.147. The second-order valence-corrected chi connectivity index (χ2v) is 8.01. The van der Waals surface area contributed by atoms with Gasteiger partial charge in [-0.15, -0.1) is 22.7 Å². The summed E-state index contributed by atoms with van der Waals surface area (Å²) in [5.74, 6) is -0.224. The van der Waals surface area contributed by atoms with E-state index in [1.165, 1.54) is 22.7 Å². The van der Waals surface area contributed by atoms with Crippen LogP contribution in [-0.2, 0) is 5.60 Å². The molecule has 0 saturated heterocycles. The first-order chi connectivity index (χ1) is 10.5. The minimum Gasteiger partial charge on any atom is -0.383 e. The van der Waals surface area contributed by atoms with Gasteiger partial charge in [-0.2, -0.15) is 0 Å². The third-order valence-corrected chi connectivity index (χ3v) is 5.95. The Labute approximate surface area is 141 Å². The highest BCUT2D eigenvalue weighted by Crippen LogP contribution is 2.33. The molecule has 0 aliphatic heterocycles. The Morgan fingerprint density at radius 1 is 1.27 bits per heavy atom. The number of carbonyl (C=O) groups is 1. The molecule has 0 saturated carbocycles. The zero-order chi connectivity index (χ0) is 15.7. The van der Waals surface area contributed by atoms with Gasteiger partial charge < -0.3 is 10.4 Å². The Morgan fingerprint density at radius 2 is 2.05 bits per heavy atom. The summed E-state index contributed by atoms with van der Waals surface area (Å²) in [5.41, 5.74) is -1.11. The highest BCUT2D eigenvalue weighted by Gasteiger charge is 2.26. The number of amides is 1. The van der Waals surface area contributed by atoms with Crippen LogP contribution in [0.4, 0.5) is 0 Å². The van der Waals surface area contributed by atoms with Gasteiger partial charge >= 0.3 is 0 Å². The second-order valence-electron chi connectivity index (χ2n) is 5.21. The van der Waals surface area contributed by atoms with Gasteiger partial charge in [-0.1, -0.05) is 29.8 Å². The normalized spacial score (nSPS) is 14.0. The highest BCUT2D eigenvalue weighted by atomic mass is 35.5. The van der Waals surface area contributed by atoms with Crippen LogP contribution in [0.25, 0.3) is 10.1 Å². The number of halogens is 1. The first-order valence-corrected chi connectivity index (χ1v) is 8.72. The lowest BCUT2D eigenvalue weighted by atomic mass is 10.0. The molecule has 3 rings (SSSR count). The van der Waals surface area contributed by atoms with Crippen molar-refractivity contribution in [1.29, 1.82) is 0 Å². The van der Waals surface area contributed by atoms with Crippen molar-refractivity contribution in [2.45, 2.75) is 12.5 Å². The van der Waals surface area contributed by atoms with Gasteiger partial charge in [0.05, 0.1) is 15.8 Å². The lowest BCUT2D eigenvalue weighted by molar-refractivity contribution is 0.0558. The largest absolute Gasteiger partial charge is 0.383 e. The third-order valence-electron chi connectivity index (χ3n) is 3.35. The van der Waals surface area contributed by atoms with E-state index in [1.807, 2.05) is 30.3 Å². The fraction of sp³-hybridized carbons (Fsp3) is 0.188. The van der Waals surface area contributed by atoms with Crippen molar-refractivity contribution >= 4 is 50.3 Å². The first-order valence-electron chi connectivity index (χ1n) is 6.71. The van der Waals surface area contributed by atoms with Gasteiger partial charge in [0, 0.05) is 9.58 Å². The van der Waals surface area contributed by atoms with Crippen molar-refractivity contribution in [2.24, 2.45) is 0 Å². The van der Waals surface area contributed by atoms with E-state index in [1.54, 1.807) is 19.1 Å². The Bertz CT molecular complexity index is 789. The van der Waals surface area contributed by atoms with E-state index in [2.05, 4.69) is 5.32 Å². The molecular weight excluding hydrogens is 338 g/mol. The molecule has 2 N–H and O–H groups in total. The maximum atomic E-state index is 12.0. The average Bonchev–Trinajstić information content (AvgIpc) is 3.11. The van der Waals surface area contributed by atoms with E-state index >= 15 is 0 Å². The third kappa shape index (κ3) is 3.17. The lowest BCUT2D eigenvalue weighted by Crippen LogP contribution is -2.37. The molecular formula is C16H14ClNO2S2. The monoisotopic (exact) mass is 351 g/mol. The van der Waals surface area contributed by atoms with Crippen LogP contribution in [0.3, 0.4) is 0 Å². The smallest absolute Gasteiger partial charge is 0.261 e. The van der Waals surface area contributed by atoms with Crippen molar-refractivity contribution in [3.8, 4) is 0 Å². The van der Waals surface area contributed by atoms with Crippen molar-refractivity contribution in [3.63, 3.8) is 0 Å². The van der Waals surface area contributed by atoms with E-state index in [0.29, 0.717) is 9.21 Å². The molecule has 1 atom stereocenters. The van der Waals surface area contributed by atoms with Crippen molar-refractivity contribution in [1.82, 2.24) is 5.32 Å². The van der Waals surface area contributed by atoms with Crippen LogP contribution < -0.4 is 5.32 Å². The number of benzene rings is 1. The van der Waals surface area contributed by atoms with Crippen LogP contribution in [0.1, 0.15) is 21.5 Å². The zero-order valence-corrected chi connectivity index (χ0v) is 14.2. The van der Waals surface area contributed by atoms with Crippen LogP contribution in [0.5, 0.6) is 0 Å². The molecule has 22 heavy (non-hydrogen) atoms. The minimum atomic E-state index is -1.11. The standard InChI is InChI=1S/C16H14ClNO2S2/c1-16(20,9-18-15(19)12-6-7-14(17)22-12)13-8-10-4-2-3-5-11(10)21-13/h2-8,20H,9H2,1H3,(H,18,19). The summed E-state index contributed by atoms with van der Waals surface area (Å²) in [6.07, 6.45) is 0. The van der Waals surface area contributed by atoms with Crippen LogP contribution in [0.15, 0.2) is 42.5 Å². The van der Waals surface area contributed by atoms with Gasteiger partial charge in [0.1, 0.15) is 5.60 Å². The summed E-state index contributed by atoms with van der Waals surface area (Å²) in [4.78, 5) is 13.4. The molecule has 114 valence electrons. The number of fused-ring (bicyclic) bond motifs is 1. The number of thiophene rings is 2. The fourth-order valence-electron chi connectivity index (χ4n) is 2.11. The van der Waals surface area contributed by atoms with E-state index in [-0.39, 0.29) is 12.5 Å². The van der Waals surface area contributed by atoms with Gasteiger partial charge in [-0.3, -0.25) is 4.79 Å². The van der Waals surface area contributed by atoms with Crippen molar-refractivity contribution in [3.05, 3.63) is 56.6 Å². The van der Waals surface area contributed by atoms with Gasteiger partial charge in [-0.25, -0.2) is 0 Å². The second kappa shape index (κ2) is 6.01. The molecule has 0 aliphatic rings. The summed E-state index contributed by atoms with van der Waals surface area (Å²) < 4.78 is 1.69. The van der Waals surface area contributed by atoms with Crippen molar-refractivity contribution < 1.29 is 9.90 Å². The topological polar surface area (TPSA) is 49.3 Å². The highest BCUT2D eigenvalue weighted by molar-refractivity contribution is 7.19. The van der Waals surface area contributed by atoms with Crippen molar-refractivity contribution in [2.75, 3.05) is 6.54 Å². The fourth-order valence-corrected chi connectivity index (χ4v) is 4.18. The maximum Gasteiger partial charge on any atom is 0.261 e. The number of hydrogen-bond acceptors (Lipinski definition) is 4. The summed E-state index contributed by atoms with van der Waals surface area (Å²) in [5, 5.41) is 14.5. The quantitative estimate of drug-likeness (QED) is 0.738. The van der Waals surface area contributed by atoms with E-state index in [9.17, 15) is 9.90 Å². The lowest BCUT2D eigenvalue weighted by Gasteiger charge is -2.22. The Balaban J connectivity index is 1.74. The average molecular weight is 352 g/mol. The Hall–Kier alpha value is -1.40. The predicted molar refractivity (Wildman–Crippen MR) is 93.1 cm³/mol. The SMILES string of the molecule is CC(O)(CNC(=O)c1ccc(Cl)s1)c1cc2ccccc2s1. The number of carbonyl (C=O) groups excluding carboxylic acids is 1. The molecule has 0 fully saturated rings. The van der Waals surface area contributed by atoms with Gasteiger partial charge in [-0.05, 0) is 36.6 Å². The summed E-state index contributed by atoms with van der Waals surface area (Å²) >= 11 is 8.58. The first kappa shape index (κ1) is 15.5. The predicted octanol–water partition coefficient (Wildman–Crippen LogP) is 4.25. The number of nitrogens with one attached hydrogen (secondary N) is 1. The summed E-state index contributed by atoms with van der Waals surface area (Å²) in [6, 6.07) is 13.3. The van der Waals surface area contributed by atoms with Gasteiger partial charge in [0.15, 0.2) is 0 Å². The molecule has 3 aromatic rings. The molecule has 2 heterocycles. The van der Waals surface area contributed by atoms with Crippen LogP contribution >= 0.6 is 34.3 Å². The van der Waals surface area contributed by atoms with Crippen LogP contribution in [0.2, 0.25) is 4.34 Å². The van der Waals surface area contributed by atoms with E-state index in [4.69, 9.17) is 11.6 Å². The van der Waals surface area contributed by atoms with Crippen LogP contribution in [0, 0.1) is 0 Å². The van der Waals surface area contributed by atoms with E-state index < -0.39 is 5.60 Å². The summed E-state index contributed by atoms with van der Waals surface area (Å²) in [7, 11) is 0. The van der Waals surface area contributed by atoms with E-state index in [0.717, 1.165) is 15.0 Å². The zero-order valence-electron chi connectivity index (χ0n) is 11.8. The number of aliphatic hydroxyl groups is 1. The molecule has 6 heteroatoms. The molecule has 1 aromatic carbocycles. The molecule has 2 aromatic heterocycles. The Kier molecular flexibility index (Phi) is 4.23. The molecule has 3 nitrogen and oxygen atoms in total. The molecule has 1 unspecified atom stereocenters. The molecule has 1 amide bonds. The van der Waals surface area contributed by atoms with Gasteiger partial charge in [0.2, 0.25) is 0 Å². The summed E-state index contributed by atoms with van der Waals surface area (Å²) in [6.45, 7) is 1.85. The molecule has 0 radical (unpaired) electrons. The maximum absolute atomic E-state index is 12.0. The van der Waals surface area contributed by atoms with Crippen LogP contribution in [-0.4, -0.2) is 17.6 Å². The molecule has 0 bridgehead atoms. The number of hydrogen-bond donors (Lipinski definition) is 2. The van der Waals surface area contributed by atoms with Gasteiger partial charge in [0.25, 0.3) is 5.91 Å². The molecule has 0 aliphatic carbocycles. The molecule has 0 spiro atoms. The number of rotatable bonds is 4. The Morgan fingerprint density at radius 3 is 2.73 bits per heavy atom.